The molecule has 0 heterocycles. The normalized spacial score (nSPS) is 10.9. The summed E-state index contributed by atoms with van der Waals surface area (Å²) in [5, 5.41) is 12.0. The number of anilines is 2. The van der Waals surface area contributed by atoms with E-state index in [1.165, 1.54) is 6.07 Å². The van der Waals surface area contributed by atoms with Gasteiger partial charge in [0.25, 0.3) is 0 Å². The Morgan fingerprint density at radius 3 is 2.36 bits per heavy atom. The van der Waals surface area contributed by atoms with Crippen molar-refractivity contribution >= 4 is 11.4 Å². The highest BCUT2D eigenvalue weighted by atomic mass is 19.4. The summed E-state index contributed by atoms with van der Waals surface area (Å²) in [6, 6.07) is 12.5. The number of alkyl halides is 3. The number of nitriles is 1. The highest BCUT2D eigenvalue weighted by molar-refractivity contribution is 5.67. The summed E-state index contributed by atoms with van der Waals surface area (Å²) in [5.74, 6) is -0.437. The van der Waals surface area contributed by atoms with Crippen LogP contribution in [0.25, 0.3) is 0 Å². The van der Waals surface area contributed by atoms with Gasteiger partial charge in [-0.3, -0.25) is 0 Å². The van der Waals surface area contributed by atoms with Gasteiger partial charge in [-0.1, -0.05) is 12.1 Å². The second kappa shape index (κ2) is 6.37. The van der Waals surface area contributed by atoms with E-state index in [2.05, 4.69) is 10.1 Å². The Labute approximate surface area is 124 Å². The lowest BCUT2D eigenvalue weighted by Gasteiger charge is -2.12. The van der Waals surface area contributed by atoms with Crippen molar-refractivity contribution in [3.8, 4) is 11.8 Å². The Morgan fingerprint density at radius 2 is 1.82 bits per heavy atom. The number of benzene rings is 2. The molecule has 4 nitrogen and oxygen atoms in total. The summed E-state index contributed by atoms with van der Waals surface area (Å²) >= 11 is 0. The van der Waals surface area contributed by atoms with Gasteiger partial charge >= 0.3 is 6.36 Å². The van der Waals surface area contributed by atoms with Crippen molar-refractivity contribution in [2.45, 2.75) is 12.9 Å². The van der Waals surface area contributed by atoms with E-state index in [9.17, 15) is 13.2 Å². The minimum atomic E-state index is -4.79. The zero-order valence-corrected chi connectivity index (χ0v) is 11.3. The van der Waals surface area contributed by atoms with Gasteiger partial charge in [-0.25, -0.2) is 0 Å². The first-order valence-electron chi connectivity index (χ1n) is 6.27. The van der Waals surface area contributed by atoms with Gasteiger partial charge in [0.15, 0.2) is 0 Å². The molecule has 7 heteroatoms. The van der Waals surface area contributed by atoms with E-state index in [0.29, 0.717) is 17.9 Å². The van der Waals surface area contributed by atoms with Crippen LogP contribution in [0.3, 0.4) is 0 Å². The van der Waals surface area contributed by atoms with Gasteiger partial charge in [-0.05, 0) is 29.8 Å². The molecule has 22 heavy (non-hydrogen) atoms. The summed E-state index contributed by atoms with van der Waals surface area (Å²) < 4.78 is 40.3. The van der Waals surface area contributed by atoms with Crippen molar-refractivity contribution in [2.75, 3.05) is 5.32 Å². The SMILES string of the molecule is N#Cc1cc(OC(F)(F)F)ccc1Nc1ccc(CN)cc1. The Balaban J connectivity index is 2.22. The fraction of sp³-hybridized carbons (Fsp3) is 0.133. The van der Waals surface area contributed by atoms with E-state index in [1.54, 1.807) is 12.1 Å². The predicted molar refractivity (Wildman–Crippen MR) is 75.5 cm³/mol. The lowest BCUT2D eigenvalue weighted by molar-refractivity contribution is -0.274. The van der Waals surface area contributed by atoms with E-state index < -0.39 is 12.1 Å². The molecule has 3 N–H and O–H groups in total. The predicted octanol–water partition coefficient (Wildman–Crippen LogP) is 3.66. The monoisotopic (exact) mass is 307 g/mol. The van der Waals surface area contributed by atoms with Crippen LogP contribution in [0.4, 0.5) is 24.5 Å². The molecule has 0 aliphatic heterocycles. The zero-order chi connectivity index (χ0) is 16.2. The van der Waals surface area contributed by atoms with Crippen LogP contribution in [0.5, 0.6) is 5.75 Å². The Kier molecular flexibility index (Phi) is 4.53. The molecule has 0 spiro atoms. The van der Waals surface area contributed by atoms with Crippen molar-refractivity contribution in [1.29, 1.82) is 5.26 Å². The molecule has 0 saturated carbocycles. The van der Waals surface area contributed by atoms with E-state index >= 15 is 0 Å². The summed E-state index contributed by atoms with van der Waals surface area (Å²) in [4.78, 5) is 0. The van der Waals surface area contributed by atoms with Gasteiger partial charge in [-0.15, -0.1) is 13.2 Å². The van der Waals surface area contributed by atoms with Gasteiger partial charge < -0.3 is 15.8 Å². The second-order valence-corrected chi connectivity index (χ2v) is 4.39. The topological polar surface area (TPSA) is 71.1 Å². The summed E-state index contributed by atoms with van der Waals surface area (Å²) in [5.41, 5.74) is 7.57. The Bertz CT molecular complexity index is 691. The van der Waals surface area contributed by atoms with Crippen LogP contribution in [0.2, 0.25) is 0 Å². The van der Waals surface area contributed by atoms with E-state index in [-0.39, 0.29) is 5.56 Å². The minimum Gasteiger partial charge on any atom is -0.406 e. The number of nitrogens with one attached hydrogen (secondary N) is 1. The quantitative estimate of drug-likeness (QED) is 0.904. The molecule has 2 rings (SSSR count). The number of hydrogen-bond acceptors (Lipinski definition) is 4. The first kappa shape index (κ1) is 15.7. The Hall–Kier alpha value is -2.72. The van der Waals surface area contributed by atoms with Crippen LogP contribution >= 0.6 is 0 Å². The first-order chi connectivity index (χ1) is 10.4. The van der Waals surface area contributed by atoms with Gasteiger partial charge in [0, 0.05) is 18.3 Å². The zero-order valence-electron chi connectivity index (χ0n) is 11.3. The third-order valence-corrected chi connectivity index (χ3v) is 2.81. The highest BCUT2D eigenvalue weighted by Gasteiger charge is 2.31. The third kappa shape index (κ3) is 4.14. The average Bonchev–Trinajstić information content (AvgIpc) is 2.48. The van der Waals surface area contributed by atoms with Crippen LogP contribution in [-0.4, -0.2) is 6.36 Å². The molecule has 0 atom stereocenters. The van der Waals surface area contributed by atoms with E-state index in [0.717, 1.165) is 17.7 Å². The first-order valence-corrected chi connectivity index (χ1v) is 6.27. The number of hydrogen-bond donors (Lipinski definition) is 2. The van der Waals surface area contributed by atoms with Crippen LogP contribution in [0, 0.1) is 11.3 Å². The molecular weight excluding hydrogens is 295 g/mol. The molecule has 114 valence electrons. The number of nitrogens with zero attached hydrogens (tertiary/aromatic N) is 1. The number of halogens is 3. The van der Waals surface area contributed by atoms with Crippen molar-refractivity contribution in [3.05, 3.63) is 53.6 Å². The summed E-state index contributed by atoms with van der Waals surface area (Å²) in [6.07, 6.45) is -4.79. The third-order valence-electron chi connectivity index (χ3n) is 2.81. The van der Waals surface area contributed by atoms with E-state index in [1.807, 2.05) is 18.2 Å². The maximum absolute atomic E-state index is 12.2. The molecule has 0 amide bonds. The Morgan fingerprint density at radius 1 is 1.14 bits per heavy atom. The maximum Gasteiger partial charge on any atom is 0.573 e. The number of rotatable bonds is 4. The van der Waals surface area contributed by atoms with Gasteiger partial charge in [0.2, 0.25) is 0 Å². The maximum atomic E-state index is 12.2. The lowest BCUT2D eigenvalue weighted by atomic mass is 10.1. The van der Waals surface area contributed by atoms with Gasteiger partial charge in [-0.2, -0.15) is 5.26 Å². The van der Waals surface area contributed by atoms with Crippen LogP contribution < -0.4 is 15.8 Å². The smallest absolute Gasteiger partial charge is 0.406 e. The average molecular weight is 307 g/mol. The van der Waals surface area contributed by atoms with Crippen molar-refractivity contribution in [2.24, 2.45) is 5.73 Å². The van der Waals surface area contributed by atoms with Crippen LogP contribution in [0.15, 0.2) is 42.5 Å². The lowest BCUT2D eigenvalue weighted by Crippen LogP contribution is -2.17. The van der Waals surface area contributed by atoms with Crippen molar-refractivity contribution < 1.29 is 17.9 Å². The second-order valence-electron chi connectivity index (χ2n) is 4.39. The highest BCUT2D eigenvalue weighted by Crippen LogP contribution is 2.28. The van der Waals surface area contributed by atoms with Crippen LogP contribution in [-0.2, 0) is 6.54 Å². The molecule has 0 radical (unpaired) electrons. The summed E-state index contributed by atoms with van der Waals surface area (Å²) in [6.45, 7) is 0.410. The number of ether oxygens (including phenoxy) is 1. The fourth-order valence-electron chi connectivity index (χ4n) is 1.80. The number of nitrogens with two attached hydrogens (primary N) is 1. The van der Waals surface area contributed by atoms with Crippen molar-refractivity contribution in [1.82, 2.24) is 0 Å². The largest absolute Gasteiger partial charge is 0.573 e. The molecule has 0 aromatic heterocycles. The van der Waals surface area contributed by atoms with Gasteiger partial charge in [0.1, 0.15) is 11.8 Å². The molecule has 0 aliphatic rings. The molecular formula is C15H12F3N3O. The molecule has 2 aromatic carbocycles. The van der Waals surface area contributed by atoms with E-state index in [4.69, 9.17) is 11.0 Å². The van der Waals surface area contributed by atoms with Gasteiger partial charge in [0.05, 0.1) is 11.3 Å². The summed E-state index contributed by atoms with van der Waals surface area (Å²) in [7, 11) is 0. The molecule has 0 aliphatic carbocycles. The molecule has 0 fully saturated rings. The molecule has 0 unspecified atom stereocenters. The van der Waals surface area contributed by atoms with Crippen molar-refractivity contribution in [3.63, 3.8) is 0 Å². The minimum absolute atomic E-state index is 0.0460. The molecule has 2 aromatic rings. The molecule has 0 saturated heterocycles. The fourth-order valence-corrected chi connectivity index (χ4v) is 1.80. The standard InChI is InChI=1S/C15H12F3N3O/c16-15(17,18)22-13-5-6-14(11(7-13)9-20)21-12-3-1-10(8-19)2-4-12/h1-7,21H,8,19H2. The molecule has 0 bridgehead atoms. The van der Waals surface area contributed by atoms with Crippen LogP contribution in [0.1, 0.15) is 11.1 Å².